The molecule has 0 unspecified atom stereocenters. The highest BCUT2D eigenvalue weighted by molar-refractivity contribution is 4.96. The Hall–Kier alpha value is -0.180. The second kappa shape index (κ2) is 4.99. The van der Waals surface area contributed by atoms with Crippen LogP contribution in [0.2, 0.25) is 0 Å². The Bertz CT molecular complexity index is 212. The van der Waals surface area contributed by atoms with Gasteiger partial charge in [0.1, 0.15) is 0 Å². The first-order valence-electron chi connectivity index (χ1n) is 6.35. The van der Waals surface area contributed by atoms with E-state index in [1.807, 2.05) is 6.92 Å². The van der Waals surface area contributed by atoms with E-state index >= 15 is 0 Å². The van der Waals surface area contributed by atoms with E-state index in [-0.39, 0.29) is 5.41 Å². The van der Waals surface area contributed by atoms with Crippen molar-refractivity contribution in [1.29, 1.82) is 0 Å². The first kappa shape index (κ1) is 13.9. The summed E-state index contributed by atoms with van der Waals surface area (Å²) in [5, 5.41) is 3.02. The summed E-state index contributed by atoms with van der Waals surface area (Å²) >= 11 is 0. The zero-order valence-corrected chi connectivity index (χ0v) is 10.9. The van der Waals surface area contributed by atoms with E-state index in [9.17, 15) is 8.78 Å². The van der Waals surface area contributed by atoms with E-state index in [0.29, 0.717) is 25.3 Å². The standard InChI is InChI=1S/C13H25F2N/c1-5-16-13(11(14)15)8-6-10(7-9-13)12(2,3)4/h10-11,16H,5-9H2,1-4H3. The summed E-state index contributed by atoms with van der Waals surface area (Å²) in [6.07, 6.45) is 0.816. The van der Waals surface area contributed by atoms with Gasteiger partial charge >= 0.3 is 0 Å². The molecule has 1 aliphatic rings. The van der Waals surface area contributed by atoms with Crippen LogP contribution in [0.15, 0.2) is 0 Å². The van der Waals surface area contributed by atoms with Crippen LogP contribution in [0.4, 0.5) is 8.78 Å². The van der Waals surface area contributed by atoms with Crippen LogP contribution in [-0.4, -0.2) is 18.5 Å². The van der Waals surface area contributed by atoms with Crippen LogP contribution in [-0.2, 0) is 0 Å². The van der Waals surface area contributed by atoms with E-state index in [4.69, 9.17) is 0 Å². The van der Waals surface area contributed by atoms with E-state index in [2.05, 4.69) is 26.1 Å². The summed E-state index contributed by atoms with van der Waals surface area (Å²) in [6, 6.07) is 0. The third kappa shape index (κ3) is 2.93. The predicted octanol–water partition coefficient (Wildman–Crippen LogP) is 3.84. The van der Waals surface area contributed by atoms with Crippen LogP contribution in [0.3, 0.4) is 0 Å². The topological polar surface area (TPSA) is 12.0 Å². The molecule has 0 aromatic heterocycles. The van der Waals surface area contributed by atoms with Gasteiger partial charge in [0.15, 0.2) is 0 Å². The zero-order chi connectivity index (χ0) is 12.4. The molecule has 0 spiro atoms. The van der Waals surface area contributed by atoms with Gasteiger partial charge in [-0.25, -0.2) is 8.78 Å². The molecule has 1 nitrogen and oxygen atoms in total. The van der Waals surface area contributed by atoms with Crippen molar-refractivity contribution >= 4 is 0 Å². The molecule has 1 saturated carbocycles. The summed E-state index contributed by atoms with van der Waals surface area (Å²) in [4.78, 5) is 0. The highest BCUT2D eigenvalue weighted by atomic mass is 19.3. The smallest absolute Gasteiger partial charge is 0.256 e. The molecule has 1 rings (SSSR count). The SMILES string of the molecule is CCNC1(C(F)F)CCC(C(C)(C)C)CC1. The first-order valence-corrected chi connectivity index (χ1v) is 6.35. The maximum absolute atomic E-state index is 13.1. The molecular formula is C13H25F2N. The van der Waals surface area contributed by atoms with Gasteiger partial charge in [-0.15, -0.1) is 0 Å². The van der Waals surface area contributed by atoms with Gasteiger partial charge in [-0.3, -0.25) is 0 Å². The minimum absolute atomic E-state index is 0.250. The molecule has 0 aromatic carbocycles. The lowest BCUT2D eigenvalue weighted by atomic mass is 9.67. The number of rotatable bonds is 3. The Labute approximate surface area is 98.0 Å². The van der Waals surface area contributed by atoms with Crippen molar-refractivity contribution in [3.05, 3.63) is 0 Å². The van der Waals surface area contributed by atoms with Crippen molar-refractivity contribution in [3.8, 4) is 0 Å². The van der Waals surface area contributed by atoms with E-state index in [1.165, 1.54) is 0 Å². The van der Waals surface area contributed by atoms with E-state index in [1.54, 1.807) is 0 Å². The van der Waals surface area contributed by atoms with Crippen molar-refractivity contribution < 1.29 is 8.78 Å². The Morgan fingerprint density at radius 3 is 2.06 bits per heavy atom. The highest BCUT2D eigenvalue weighted by Gasteiger charge is 2.44. The first-order chi connectivity index (χ1) is 7.32. The lowest BCUT2D eigenvalue weighted by Crippen LogP contribution is -2.54. The van der Waals surface area contributed by atoms with Gasteiger partial charge in [0.05, 0.1) is 5.54 Å². The van der Waals surface area contributed by atoms with Crippen LogP contribution in [0, 0.1) is 11.3 Å². The molecule has 0 saturated heterocycles. The molecular weight excluding hydrogens is 208 g/mol. The molecule has 0 aromatic rings. The molecule has 0 amide bonds. The van der Waals surface area contributed by atoms with Gasteiger partial charge in [0.25, 0.3) is 6.43 Å². The maximum Gasteiger partial charge on any atom is 0.256 e. The lowest BCUT2D eigenvalue weighted by molar-refractivity contribution is -0.0133. The third-order valence-corrected chi connectivity index (χ3v) is 4.05. The quantitative estimate of drug-likeness (QED) is 0.781. The third-order valence-electron chi connectivity index (χ3n) is 4.05. The van der Waals surface area contributed by atoms with Gasteiger partial charge < -0.3 is 5.32 Å². The summed E-state index contributed by atoms with van der Waals surface area (Å²) < 4.78 is 26.2. The van der Waals surface area contributed by atoms with Crippen LogP contribution >= 0.6 is 0 Å². The Kier molecular flexibility index (Phi) is 4.33. The fourth-order valence-corrected chi connectivity index (χ4v) is 2.82. The second-order valence-electron chi connectivity index (χ2n) is 6.13. The van der Waals surface area contributed by atoms with Gasteiger partial charge in [0, 0.05) is 0 Å². The number of halogens is 2. The van der Waals surface area contributed by atoms with Crippen LogP contribution < -0.4 is 5.32 Å². The second-order valence-corrected chi connectivity index (χ2v) is 6.13. The Morgan fingerprint density at radius 1 is 1.25 bits per heavy atom. The highest BCUT2D eigenvalue weighted by Crippen LogP contribution is 2.43. The zero-order valence-electron chi connectivity index (χ0n) is 10.9. The fourth-order valence-electron chi connectivity index (χ4n) is 2.82. The van der Waals surface area contributed by atoms with Crippen LogP contribution in [0.5, 0.6) is 0 Å². The summed E-state index contributed by atoms with van der Waals surface area (Å²) in [5.41, 5.74) is -0.656. The van der Waals surface area contributed by atoms with E-state index < -0.39 is 12.0 Å². The molecule has 0 bridgehead atoms. The van der Waals surface area contributed by atoms with Crippen LogP contribution in [0.1, 0.15) is 53.4 Å². The predicted molar refractivity (Wildman–Crippen MR) is 63.8 cm³/mol. The monoisotopic (exact) mass is 233 g/mol. The van der Waals surface area contributed by atoms with E-state index in [0.717, 1.165) is 12.8 Å². The van der Waals surface area contributed by atoms with Gasteiger partial charge in [-0.2, -0.15) is 0 Å². The molecule has 1 aliphatic carbocycles. The van der Waals surface area contributed by atoms with Crippen molar-refractivity contribution in [2.24, 2.45) is 11.3 Å². The average molecular weight is 233 g/mol. The molecule has 0 heterocycles. The fraction of sp³-hybridized carbons (Fsp3) is 1.00. The van der Waals surface area contributed by atoms with Crippen molar-refractivity contribution in [3.63, 3.8) is 0 Å². The molecule has 3 heteroatoms. The largest absolute Gasteiger partial charge is 0.307 e. The van der Waals surface area contributed by atoms with Crippen LogP contribution in [0.25, 0.3) is 0 Å². The number of hydrogen-bond acceptors (Lipinski definition) is 1. The molecule has 1 N–H and O–H groups in total. The maximum atomic E-state index is 13.1. The average Bonchev–Trinajstić information content (AvgIpc) is 2.17. The Balaban J connectivity index is 2.63. The van der Waals surface area contributed by atoms with Gasteiger partial charge in [0.2, 0.25) is 0 Å². The minimum Gasteiger partial charge on any atom is -0.307 e. The molecule has 0 radical (unpaired) electrons. The van der Waals surface area contributed by atoms with Crippen molar-refractivity contribution in [2.45, 2.75) is 65.3 Å². The molecule has 0 aliphatic heterocycles. The minimum atomic E-state index is -2.24. The normalized spacial score (nSPS) is 32.1. The van der Waals surface area contributed by atoms with Crippen molar-refractivity contribution in [2.75, 3.05) is 6.54 Å². The van der Waals surface area contributed by atoms with Gasteiger partial charge in [-0.05, 0) is 43.6 Å². The van der Waals surface area contributed by atoms with Crippen molar-refractivity contribution in [1.82, 2.24) is 5.32 Å². The molecule has 16 heavy (non-hydrogen) atoms. The number of alkyl halides is 2. The molecule has 96 valence electrons. The molecule has 0 atom stereocenters. The summed E-state index contributed by atoms with van der Waals surface area (Å²) in [6.45, 7) is 9.16. The summed E-state index contributed by atoms with van der Waals surface area (Å²) in [5.74, 6) is 0.582. The lowest BCUT2D eigenvalue weighted by Gasteiger charge is -2.44. The Morgan fingerprint density at radius 2 is 1.75 bits per heavy atom. The molecule has 1 fully saturated rings. The van der Waals surface area contributed by atoms with Gasteiger partial charge in [-0.1, -0.05) is 27.7 Å². The summed E-state index contributed by atoms with van der Waals surface area (Å²) in [7, 11) is 0. The number of hydrogen-bond donors (Lipinski definition) is 1. The number of nitrogens with one attached hydrogen (secondary N) is 1.